The summed E-state index contributed by atoms with van der Waals surface area (Å²) in [5.41, 5.74) is 7.73. The van der Waals surface area contributed by atoms with Crippen LogP contribution < -0.4 is 5.73 Å². The average Bonchev–Trinajstić information content (AvgIpc) is 2.27. The third kappa shape index (κ3) is 3.47. The highest BCUT2D eigenvalue weighted by Crippen LogP contribution is 2.27. The molecule has 1 heterocycles. The molecule has 100 valence electrons. The molecular formula is C15H23NO2. The second kappa shape index (κ2) is 5.72. The van der Waals surface area contributed by atoms with Crippen LogP contribution in [0.2, 0.25) is 0 Å². The van der Waals surface area contributed by atoms with E-state index >= 15 is 0 Å². The molecule has 3 nitrogen and oxygen atoms in total. The zero-order chi connectivity index (χ0) is 13.1. The predicted molar refractivity (Wildman–Crippen MR) is 73.4 cm³/mol. The fourth-order valence-electron chi connectivity index (χ4n) is 2.63. The van der Waals surface area contributed by atoms with Crippen LogP contribution in [-0.4, -0.2) is 18.3 Å². The third-order valence-corrected chi connectivity index (χ3v) is 3.43. The van der Waals surface area contributed by atoms with Crippen molar-refractivity contribution in [3.05, 3.63) is 29.8 Å². The molecule has 0 spiro atoms. The standard InChI is InChI=1S/C15H23NO2/c1-10-7-15(8-11(2)17-10)18-12(3)13-5-4-6-14(16)9-13/h4-6,9-12,15H,7-8,16H2,1-3H3. The molecule has 3 atom stereocenters. The summed E-state index contributed by atoms with van der Waals surface area (Å²) in [6.07, 6.45) is 2.86. The number of benzene rings is 1. The van der Waals surface area contributed by atoms with Crippen molar-refractivity contribution in [2.75, 3.05) is 5.73 Å². The molecule has 3 heteroatoms. The quantitative estimate of drug-likeness (QED) is 0.836. The maximum absolute atomic E-state index is 6.14. The van der Waals surface area contributed by atoms with Gasteiger partial charge in [0.15, 0.2) is 0 Å². The van der Waals surface area contributed by atoms with E-state index < -0.39 is 0 Å². The summed E-state index contributed by atoms with van der Waals surface area (Å²) < 4.78 is 11.9. The highest BCUT2D eigenvalue weighted by molar-refractivity contribution is 5.41. The van der Waals surface area contributed by atoms with Crippen LogP contribution in [0.4, 0.5) is 5.69 Å². The van der Waals surface area contributed by atoms with E-state index in [2.05, 4.69) is 26.8 Å². The number of rotatable bonds is 3. The zero-order valence-corrected chi connectivity index (χ0v) is 11.4. The molecule has 3 unspecified atom stereocenters. The van der Waals surface area contributed by atoms with E-state index in [1.807, 2.05) is 18.2 Å². The van der Waals surface area contributed by atoms with Crippen molar-refractivity contribution in [2.24, 2.45) is 0 Å². The molecule has 1 fully saturated rings. The summed E-state index contributed by atoms with van der Waals surface area (Å²) in [6, 6.07) is 7.92. The van der Waals surface area contributed by atoms with Gasteiger partial charge in [0.05, 0.1) is 24.4 Å². The molecule has 1 aliphatic heterocycles. The molecule has 0 aliphatic carbocycles. The summed E-state index contributed by atoms with van der Waals surface area (Å²) in [7, 11) is 0. The fourth-order valence-corrected chi connectivity index (χ4v) is 2.63. The highest BCUT2D eigenvalue weighted by Gasteiger charge is 2.26. The minimum Gasteiger partial charge on any atom is -0.399 e. The molecular weight excluding hydrogens is 226 g/mol. The van der Waals surface area contributed by atoms with Crippen molar-refractivity contribution >= 4 is 5.69 Å². The third-order valence-electron chi connectivity index (χ3n) is 3.43. The maximum Gasteiger partial charge on any atom is 0.0801 e. The molecule has 1 aromatic rings. The molecule has 0 amide bonds. The minimum absolute atomic E-state index is 0.0796. The molecule has 2 rings (SSSR count). The van der Waals surface area contributed by atoms with E-state index in [1.165, 1.54) is 0 Å². The Labute approximate surface area is 109 Å². The second-order valence-electron chi connectivity index (χ2n) is 5.30. The lowest BCUT2D eigenvalue weighted by Gasteiger charge is -2.33. The monoisotopic (exact) mass is 249 g/mol. The average molecular weight is 249 g/mol. The van der Waals surface area contributed by atoms with Crippen LogP contribution in [0.25, 0.3) is 0 Å². The van der Waals surface area contributed by atoms with Crippen LogP contribution in [0, 0.1) is 0 Å². The first-order valence-electron chi connectivity index (χ1n) is 6.71. The number of hydrogen-bond donors (Lipinski definition) is 1. The normalized spacial score (nSPS) is 30.1. The van der Waals surface area contributed by atoms with Crippen LogP contribution in [-0.2, 0) is 9.47 Å². The fraction of sp³-hybridized carbons (Fsp3) is 0.600. The smallest absolute Gasteiger partial charge is 0.0801 e. The number of ether oxygens (including phenoxy) is 2. The van der Waals surface area contributed by atoms with Crippen LogP contribution in [0.3, 0.4) is 0 Å². The van der Waals surface area contributed by atoms with Crippen LogP contribution >= 0.6 is 0 Å². The number of nitrogens with two attached hydrogens (primary N) is 1. The van der Waals surface area contributed by atoms with Gasteiger partial charge in [0.1, 0.15) is 0 Å². The zero-order valence-electron chi connectivity index (χ0n) is 11.4. The summed E-state index contributed by atoms with van der Waals surface area (Å²) in [4.78, 5) is 0. The van der Waals surface area contributed by atoms with Crippen molar-refractivity contribution in [1.82, 2.24) is 0 Å². The molecule has 0 saturated carbocycles. The molecule has 1 aromatic carbocycles. The molecule has 1 aliphatic rings. The Morgan fingerprint density at radius 3 is 2.56 bits per heavy atom. The van der Waals surface area contributed by atoms with E-state index in [-0.39, 0.29) is 24.4 Å². The molecule has 0 aromatic heterocycles. The molecule has 2 N–H and O–H groups in total. The van der Waals surface area contributed by atoms with E-state index in [9.17, 15) is 0 Å². The largest absolute Gasteiger partial charge is 0.399 e. The van der Waals surface area contributed by atoms with Gasteiger partial charge in [-0.3, -0.25) is 0 Å². The number of hydrogen-bond acceptors (Lipinski definition) is 3. The second-order valence-corrected chi connectivity index (χ2v) is 5.30. The summed E-state index contributed by atoms with van der Waals surface area (Å²) in [6.45, 7) is 6.30. The molecule has 18 heavy (non-hydrogen) atoms. The van der Waals surface area contributed by atoms with Gasteiger partial charge in [0.25, 0.3) is 0 Å². The lowest BCUT2D eigenvalue weighted by atomic mass is 10.0. The Morgan fingerprint density at radius 2 is 1.94 bits per heavy atom. The lowest BCUT2D eigenvalue weighted by molar-refractivity contribution is -0.119. The van der Waals surface area contributed by atoms with Gasteiger partial charge in [-0.25, -0.2) is 0 Å². The van der Waals surface area contributed by atoms with Crippen LogP contribution in [0.15, 0.2) is 24.3 Å². The SMILES string of the molecule is CC1CC(OC(C)c2cccc(N)c2)CC(C)O1. The van der Waals surface area contributed by atoms with Gasteiger partial charge < -0.3 is 15.2 Å². The maximum atomic E-state index is 6.14. The first-order valence-corrected chi connectivity index (χ1v) is 6.71. The van der Waals surface area contributed by atoms with E-state index in [4.69, 9.17) is 15.2 Å². The van der Waals surface area contributed by atoms with Crippen molar-refractivity contribution in [3.63, 3.8) is 0 Å². The van der Waals surface area contributed by atoms with Gasteiger partial charge in [-0.1, -0.05) is 12.1 Å². The Kier molecular flexibility index (Phi) is 4.25. The lowest BCUT2D eigenvalue weighted by Crippen LogP contribution is -2.34. The molecule has 1 saturated heterocycles. The van der Waals surface area contributed by atoms with Crippen molar-refractivity contribution in [1.29, 1.82) is 0 Å². The van der Waals surface area contributed by atoms with Crippen molar-refractivity contribution in [2.45, 2.75) is 58.0 Å². The van der Waals surface area contributed by atoms with Crippen molar-refractivity contribution in [3.8, 4) is 0 Å². The van der Waals surface area contributed by atoms with Gasteiger partial charge >= 0.3 is 0 Å². The van der Waals surface area contributed by atoms with E-state index in [0.29, 0.717) is 0 Å². The first kappa shape index (κ1) is 13.4. The van der Waals surface area contributed by atoms with Gasteiger partial charge in [-0.05, 0) is 51.3 Å². The first-order chi connectivity index (χ1) is 8.54. The van der Waals surface area contributed by atoms with Crippen LogP contribution in [0.5, 0.6) is 0 Å². The molecule has 0 bridgehead atoms. The predicted octanol–water partition coefficient (Wildman–Crippen LogP) is 3.30. The van der Waals surface area contributed by atoms with Crippen LogP contribution in [0.1, 0.15) is 45.3 Å². The van der Waals surface area contributed by atoms with Gasteiger partial charge in [0.2, 0.25) is 0 Å². The Hall–Kier alpha value is -1.06. The Morgan fingerprint density at radius 1 is 1.28 bits per heavy atom. The Balaban J connectivity index is 1.96. The Bertz CT molecular complexity index is 384. The highest BCUT2D eigenvalue weighted by atomic mass is 16.5. The topological polar surface area (TPSA) is 44.5 Å². The van der Waals surface area contributed by atoms with Gasteiger partial charge in [0, 0.05) is 5.69 Å². The van der Waals surface area contributed by atoms with E-state index in [0.717, 1.165) is 24.1 Å². The minimum atomic E-state index is 0.0796. The van der Waals surface area contributed by atoms with E-state index in [1.54, 1.807) is 0 Å². The summed E-state index contributed by atoms with van der Waals surface area (Å²) in [5, 5.41) is 0. The van der Waals surface area contributed by atoms with Gasteiger partial charge in [-0.2, -0.15) is 0 Å². The number of nitrogen functional groups attached to an aromatic ring is 1. The van der Waals surface area contributed by atoms with Gasteiger partial charge in [-0.15, -0.1) is 0 Å². The summed E-state index contributed by atoms with van der Waals surface area (Å²) >= 11 is 0. The molecule has 0 radical (unpaired) electrons. The van der Waals surface area contributed by atoms with Crippen molar-refractivity contribution < 1.29 is 9.47 Å². The summed E-state index contributed by atoms with van der Waals surface area (Å²) in [5.74, 6) is 0. The number of anilines is 1.